The van der Waals surface area contributed by atoms with E-state index in [1.807, 2.05) is 13.0 Å². The van der Waals surface area contributed by atoms with Gasteiger partial charge in [-0.2, -0.15) is 14.6 Å². The van der Waals surface area contributed by atoms with E-state index >= 15 is 0 Å². The van der Waals surface area contributed by atoms with Gasteiger partial charge in [-0.25, -0.2) is 18.4 Å². The molecule has 1 saturated heterocycles. The molecule has 0 amide bonds. The third-order valence-electron chi connectivity index (χ3n) is 6.40. The number of sulfonamides is 1. The van der Waals surface area contributed by atoms with Crippen molar-refractivity contribution >= 4 is 62.0 Å². The molecule has 0 unspecified atom stereocenters. The minimum absolute atomic E-state index is 0.150. The van der Waals surface area contributed by atoms with Gasteiger partial charge in [0.25, 0.3) is 0 Å². The summed E-state index contributed by atoms with van der Waals surface area (Å²) in [5.74, 6) is 0.814. The van der Waals surface area contributed by atoms with Crippen molar-refractivity contribution in [3.8, 4) is 6.07 Å². The van der Waals surface area contributed by atoms with Crippen LogP contribution in [0.3, 0.4) is 0 Å². The maximum absolute atomic E-state index is 13.2. The Balaban J connectivity index is 1.34. The van der Waals surface area contributed by atoms with Gasteiger partial charge in [-0.1, -0.05) is 40.9 Å². The number of halogens is 2. The van der Waals surface area contributed by atoms with Crippen LogP contribution in [0.1, 0.15) is 24.0 Å². The first-order valence-electron chi connectivity index (χ1n) is 11.8. The minimum Gasteiger partial charge on any atom is -0.350 e. The number of nitriles is 1. The van der Waals surface area contributed by atoms with Crippen LogP contribution in [-0.4, -0.2) is 51.4 Å². The van der Waals surface area contributed by atoms with Crippen LogP contribution in [0, 0.1) is 18.3 Å². The van der Waals surface area contributed by atoms with Crippen LogP contribution in [0.15, 0.2) is 47.5 Å². The molecule has 1 fully saturated rings. The van der Waals surface area contributed by atoms with Crippen LogP contribution < -0.4 is 10.6 Å². The number of fused-ring (bicyclic) bond motifs is 1. The molecule has 0 bridgehead atoms. The van der Waals surface area contributed by atoms with Crippen molar-refractivity contribution in [3.63, 3.8) is 0 Å². The highest BCUT2D eigenvalue weighted by atomic mass is 35.5. The van der Waals surface area contributed by atoms with Gasteiger partial charge in [0.2, 0.25) is 21.9 Å². The molecule has 0 spiro atoms. The molecular formula is C25H24Cl2N8O2S. The van der Waals surface area contributed by atoms with E-state index in [4.69, 9.17) is 28.5 Å². The molecule has 2 N–H and O–H groups in total. The summed E-state index contributed by atoms with van der Waals surface area (Å²) >= 11 is 12.6. The van der Waals surface area contributed by atoms with Gasteiger partial charge >= 0.3 is 0 Å². The zero-order valence-corrected chi connectivity index (χ0v) is 22.9. The molecular weight excluding hydrogens is 547 g/mol. The fourth-order valence-electron chi connectivity index (χ4n) is 4.35. The Morgan fingerprint density at radius 2 is 1.84 bits per heavy atom. The lowest BCUT2D eigenvalue weighted by Crippen LogP contribution is -2.45. The number of aromatic nitrogens is 4. The van der Waals surface area contributed by atoms with Crippen LogP contribution in [0.4, 0.5) is 17.6 Å². The number of piperidine rings is 1. The molecule has 1 aliphatic heterocycles. The number of nitrogens with one attached hydrogen (secondary N) is 2. The molecule has 13 heteroatoms. The first-order chi connectivity index (χ1) is 18.2. The average molecular weight is 571 g/mol. The zero-order chi connectivity index (χ0) is 27.0. The van der Waals surface area contributed by atoms with E-state index in [9.17, 15) is 8.42 Å². The van der Waals surface area contributed by atoms with Gasteiger partial charge in [-0.05, 0) is 44.0 Å². The number of anilines is 3. The fraction of sp³-hybridized carbons (Fsp3) is 0.280. The molecule has 1 atom stereocenters. The quantitative estimate of drug-likeness (QED) is 0.336. The molecule has 0 radical (unpaired) electrons. The number of imidazole rings is 1. The van der Waals surface area contributed by atoms with E-state index in [1.54, 1.807) is 42.1 Å². The van der Waals surface area contributed by atoms with Crippen molar-refractivity contribution in [2.24, 2.45) is 7.05 Å². The normalized spacial score (nSPS) is 16.3. The third-order valence-corrected chi connectivity index (χ3v) is 8.87. The van der Waals surface area contributed by atoms with Crippen molar-refractivity contribution in [2.75, 3.05) is 23.7 Å². The molecule has 196 valence electrons. The van der Waals surface area contributed by atoms with E-state index in [0.29, 0.717) is 52.3 Å². The molecule has 1 aliphatic rings. The van der Waals surface area contributed by atoms with Gasteiger partial charge in [-0.15, -0.1) is 0 Å². The van der Waals surface area contributed by atoms with Crippen LogP contribution in [0.25, 0.3) is 11.2 Å². The Hall–Kier alpha value is -3.43. The molecule has 4 aromatic rings. The van der Waals surface area contributed by atoms with Gasteiger partial charge in [0.05, 0.1) is 38.5 Å². The number of hydrogen-bond donors (Lipinski definition) is 2. The first kappa shape index (κ1) is 26.2. The van der Waals surface area contributed by atoms with Crippen molar-refractivity contribution < 1.29 is 8.42 Å². The lowest BCUT2D eigenvalue weighted by molar-refractivity contribution is 0.326. The maximum atomic E-state index is 13.2. The van der Waals surface area contributed by atoms with Gasteiger partial charge < -0.3 is 10.6 Å². The largest absolute Gasteiger partial charge is 0.350 e. The molecule has 38 heavy (non-hydrogen) atoms. The van der Waals surface area contributed by atoms with Crippen molar-refractivity contribution in [3.05, 3.63) is 63.8 Å². The summed E-state index contributed by atoms with van der Waals surface area (Å²) in [4.78, 5) is 13.8. The Morgan fingerprint density at radius 1 is 1.13 bits per heavy atom. The standard InChI is InChI=1S/C25H24Cl2N8O2S/c1-15-5-7-18(8-6-15)38(36,37)35-9-3-4-17(14-35)30-24-29-13-21-23(33-24)34(2)25(31-21)32-22-19(26)10-16(12-28)11-20(22)27/h5-8,10-11,13,17H,3-4,9,14H2,1-2H3,(H,31,32)(H,29,30,33)/t17-/m1/s1. The average Bonchev–Trinajstić information content (AvgIpc) is 3.21. The highest BCUT2D eigenvalue weighted by molar-refractivity contribution is 7.89. The monoisotopic (exact) mass is 570 g/mol. The Bertz CT molecular complexity index is 1640. The van der Waals surface area contributed by atoms with Gasteiger partial charge in [0.15, 0.2) is 5.65 Å². The Labute approximate surface area is 230 Å². The first-order valence-corrected chi connectivity index (χ1v) is 14.0. The second-order valence-electron chi connectivity index (χ2n) is 9.11. The van der Waals surface area contributed by atoms with E-state index in [0.717, 1.165) is 18.4 Å². The number of rotatable bonds is 6. The highest BCUT2D eigenvalue weighted by Gasteiger charge is 2.30. The topological polar surface area (TPSA) is 129 Å². The summed E-state index contributed by atoms with van der Waals surface area (Å²) in [6.45, 7) is 2.70. The Morgan fingerprint density at radius 3 is 2.53 bits per heavy atom. The molecule has 2 aromatic carbocycles. The molecule has 2 aromatic heterocycles. The smallest absolute Gasteiger partial charge is 0.243 e. The molecule has 5 rings (SSSR count). The predicted molar refractivity (Wildman–Crippen MR) is 147 cm³/mol. The summed E-state index contributed by atoms with van der Waals surface area (Å²) in [6.07, 6.45) is 3.10. The number of benzene rings is 2. The van der Waals surface area contributed by atoms with Crippen molar-refractivity contribution in [1.82, 2.24) is 23.8 Å². The zero-order valence-electron chi connectivity index (χ0n) is 20.6. The molecule has 0 saturated carbocycles. The van der Waals surface area contributed by atoms with E-state index in [1.165, 1.54) is 16.4 Å². The summed E-state index contributed by atoms with van der Waals surface area (Å²) in [5.41, 5.74) is 2.89. The molecule has 10 nitrogen and oxygen atoms in total. The van der Waals surface area contributed by atoms with Crippen molar-refractivity contribution in [1.29, 1.82) is 5.26 Å². The van der Waals surface area contributed by atoms with E-state index in [-0.39, 0.29) is 16.1 Å². The summed E-state index contributed by atoms with van der Waals surface area (Å²) in [5, 5.41) is 16.1. The molecule has 0 aliphatic carbocycles. The molecule has 3 heterocycles. The number of hydrogen-bond acceptors (Lipinski definition) is 8. The lowest BCUT2D eigenvalue weighted by Gasteiger charge is -2.32. The van der Waals surface area contributed by atoms with Gasteiger partial charge in [0.1, 0.15) is 5.52 Å². The third kappa shape index (κ3) is 5.13. The number of nitrogens with zero attached hydrogens (tertiary/aromatic N) is 6. The highest BCUT2D eigenvalue weighted by Crippen LogP contribution is 2.34. The van der Waals surface area contributed by atoms with Crippen LogP contribution in [0.2, 0.25) is 10.0 Å². The van der Waals surface area contributed by atoms with Crippen LogP contribution in [-0.2, 0) is 17.1 Å². The fourth-order valence-corrected chi connectivity index (χ4v) is 6.46. The lowest BCUT2D eigenvalue weighted by atomic mass is 10.1. The van der Waals surface area contributed by atoms with Gasteiger partial charge in [0, 0.05) is 26.2 Å². The minimum atomic E-state index is -3.59. The SMILES string of the molecule is Cc1ccc(S(=O)(=O)N2CCC[C@@H](Nc3ncc4nc(Nc5c(Cl)cc(C#N)cc5Cl)n(C)c4n3)C2)cc1. The second-order valence-corrected chi connectivity index (χ2v) is 11.9. The predicted octanol–water partition coefficient (Wildman–Crippen LogP) is 4.86. The van der Waals surface area contributed by atoms with Crippen molar-refractivity contribution in [2.45, 2.75) is 30.7 Å². The summed E-state index contributed by atoms with van der Waals surface area (Å²) in [7, 11) is -1.80. The maximum Gasteiger partial charge on any atom is 0.243 e. The van der Waals surface area contributed by atoms with E-state index < -0.39 is 10.0 Å². The summed E-state index contributed by atoms with van der Waals surface area (Å²) in [6, 6.07) is 11.8. The Kier molecular flexibility index (Phi) is 7.15. The van der Waals surface area contributed by atoms with Gasteiger partial charge in [-0.3, -0.25) is 4.57 Å². The second kappa shape index (κ2) is 10.4. The van der Waals surface area contributed by atoms with Crippen LogP contribution >= 0.6 is 23.2 Å². The van der Waals surface area contributed by atoms with E-state index in [2.05, 4.69) is 25.6 Å². The van der Waals surface area contributed by atoms with Crippen LogP contribution in [0.5, 0.6) is 0 Å². The summed E-state index contributed by atoms with van der Waals surface area (Å²) < 4.78 is 29.6. The number of aryl methyl sites for hydroxylation is 2.